The zero-order valence-electron chi connectivity index (χ0n) is 18.4. The van der Waals surface area contributed by atoms with Gasteiger partial charge in [-0.25, -0.2) is 0 Å². The van der Waals surface area contributed by atoms with Crippen molar-refractivity contribution in [1.82, 2.24) is 9.80 Å². The molecule has 170 valence electrons. The maximum absolute atomic E-state index is 13.3. The van der Waals surface area contributed by atoms with Gasteiger partial charge in [0.2, 0.25) is 5.91 Å². The Morgan fingerprint density at radius 3 is 2.44 bits per heavy atom. The van der Waals surface area contributed by atoms with Gasteiger partial charge in [0, 0.05) is 42.5 Å². The molecule has 7 heteroatoms. The number of methoxy groups -OCH3 is 1. The summed E-state index contributed by atoms with van der Waals surface area (Å²) in [6, 6.07) is 14.3. The molecular formula is C25H30ClN3O3. The molecule has 1 unspecified atom stereocenters. The summed E-state index contributed by atoms with van der Waals surface area (Å²) >= 11 is 6.09. The van der Waals surface area contributed by atoms with Crippen molar-refractivity contribution in [2.45, 2.75) is 31.7 Å². The minimum Gasteiger partial charge on any atom is -0.497 e. The Kier molecular flexibility index (Phi) is 7.33. The molecule has 0 spiro atoms. The molecule has 1 aliphatic carbocycles. The SMILES string of the molecule is COc1cccc(C(=O)N2CCN(C(C(=O)Nc3cccc(Cl)c3)C3CCCC3)CC2)c1. The molecule has 0 radical (unpaired) electrons. The van der Waals surface area contributed by atoms with Gasteiger partial charge in [-0.2, -0.15) is 0 Å². The van der Waals surface area contributed by atoms with E-state index in [0.717, 1.165) is 18.5 Å². The predicted octanol–water partition coefficient (Wildman–Crippen LogP) is 4.30. The average molecular weight is 456 g/mol. The third-order valence-electron chi connectivity index (χ3n) is 6.52. The second kappa shape index (κ2) is 10.4. The fraction of sp³-hybridized carbons (Fsp3) is 0.440. The number of benzene rings is 2. The second-order valence-corrected chi connectivity index (χ2v) is 8.99. The van der Waals surface area contributed by atoms with E-state index in [1.165, 1.54) is 12.8 Å². The van der Waals surface area contributed by atoms with Gasteiger partial charge in [0.25, 0.3) is 5.91 Å². The third kappa shape index (κ3) is 5.25. The van der Waals surface area contributed by atoms with E-state index in [1.54, 1.807) is 25.3 Å². The van der Waals surface area contributed by atoms with Crippen molar-refractivity contribution in [2.24, 2.45) is 5.92 Å². The number of nitrogens with zero attached hydrogens (tertiary/aromatic N) is 2. The second-order valence-electron chi connectivity index (χ2n) is 8.55. The smallest absolute Gasteiger partial charge is 0.254 e. The number of carbonyl (C=O) groups excluding carboxylic acids is 2. The lowest BCUT2D eigenvalue weighted by Crippen LogP contribution is -2.56. The van der Waals surface area contributed by atoms with Crippen LogP contribution in [0.1, 0.15) is 36.0 Å². The summed E-state index contributed by atoms with van der Waals surface area (Å²) in [5.74, 6) is 1.04. The predicted molar refractivity (Wildman–Crippen MR) is 126 cm³/mol. The standard InChI is InChI=1S/C25H30ClN3O3/c1-32-22-11-4-8-19(16-22)25(31)29-14-12-28(13-15-29)23(18-6-2-3-7-18)24(30)27-21-10-5-9-20(26)17-21/h4-5,8-11,16-18,23H,2-3,6-7,12-15H2,1H3,(H,27,30). The van der Waals surface area contributed by atoms with Gasteiger partial charge < -0.3 is 15.0 Å². The molecule has 2 aliphatic rings. The van der Waals surface area contributed by atoms with Crippen molar-refractivity contribution < 1.29 is 14.3 Å². The van der Waals surface area contributed by atoms with E-state index in [1.807, 2.05) is 35.2 Å². The lowest BCUT2D eigenvalue weighted by Gasteiger charge is -2.40. The van der Waals surface area contributed by atoms with Crippen molar-refractivity contribution in [3.8, 4) is 5.75 Å². The Hall–Kier alpha value is -2.57. The molecule has 1 saturated heterocycles. The van der Waals surface area contributed by atoms with Gasteiger partial charge in [0.1, 0.15) is 5.75 Å². The first kappa shape index (κ1) is 22.6. The number of hydrogen-bond acceptors (Lipinski definition) is 4. The van der Waals surface area contributed by atoms with Gasteiger partial charge in [-0.05, 0) is 55.2 Å². The van der Waals surface area contributed by atoms with Crippen LogP contribution in [0, 0.1) is 5.92 Å². The van der Waals surface area contributed by atoms with Crippen LogP contribution in [0.5, 0.6) is 5.75 Å². The molecule has 0 aromatic heterocycles. The maximum Gasteiger partial charge on any atom is 0.254 e. The molecule has 2 aromatic carbocycles. The number of halogens is 1. The molecule has 32 heavy (non-hydrogen) atoms. The van der Waals surface area contributed by atoms with E-state index in [-0.39, 0.29) is 17.9 Å². The first-order chi connectivity index (χ1) is 15.5. The highest BCUT2D eigenvalue weighted by molar-refractivity contribution is 6.30. The third-order valence-corrected chi connectivity index (χ3v) is 6.75. The van der Waals surface area contributed by atoms with Crippen molar-refractivity contribution in [1.29, 1.82) is 0 Å². The van der Waals surface area contributed by atoms with Gasteiger partial charge >= 0.3 is 0 Å². The quantitative estimate of drug-likeness (QED) is 0.705. The van der Waals surface area contributed by atoms with E-state index < -0.39 is 0 Å². The van der Waals surface area contributed by atoms with Crippen LogP contribution >= 0.6 is 11.6 Å². The first-order valence-corrected chi connectivity index (χ1v) is 11.7. The van der Waals surface area contributed by atoms with Crippen LogP contribution in [-0.4, -0.2) is 60.9 Å². The monoisotopic (exact) mass is 455 g/mol. The van der Waals surface area contributed by atoms with Gasteiger partial charge in [-0.3, -0.25) is 14.5 Å². The Morgan fingerprint density at radius 2 is 1.75 bits per heavy atom. The molecule has 6 nitrogen and oxygen atoms in total. The Bertz CT molecular complexity index is 953. The molecule has 1 saturated carbocycles. The van der Waals surface area contributed by atoms with Crippen molar-refractivity contribution in [3.05, 3.63) is 59.1 Å². The molecule has 2 fully saturated rings. The zero-order chi connectivity index (χ0) is 22.5. The number of piperazine rings is 1. The van der Waals surface area contributed by atoms with Crippen LogP contribution in [-0.2, 0) is 4.79 Å². The van der Waals surface area contributed by atoms with Crippen LogP contribution in [0.25, 0.3) is 0 Å². The lowest BCUT2D eigenvalue weighted by atomic mass is 9.94. The van der Waals surface area contributed by atoms with Crippen LogP contribution in [0.2, 0.25) is 5.02 Å². The molecule has 1 N–H and O–H groups in total. The summed E-state index contributed by atoms with van der Waals surface area (Å²) in [6.45, 7) is 2.56. The van der Waals surface area contributed by atoms with Crippen LogP contribution < -0.4 is 10.1 Å². The average Bonchev–Trinajstić information content (AvgIpc) is 3.33. The van der Waals surface area contributed by atoms with Gasteiger partial charge in [-0.15, -0.1) is 0 Å². The summed E-state index contributed by atoms with van der Waals surface area (Å²) in [5, 5.41) is 3.67. The topological polar surface area (TPSA) is 61.9 Å². The first-order valence-electron chi connectivity index (χ1n) is 11.3. The van der Waals surface area contributed by atoms with Crippen LogP contribution in [0.3, 0.4) is 0 Å². The summed E-state index contributed by atoms with van der Waals surface area (Å²) < 4.78 is 5.25. The molecule has 2 amide bonds. The highest BCUT2D eigenvalue weighted by Gasteiger charge is 2.37. The summed E-state index contributed by atoms with van der Waals surface area (Å²) in [7, 11) is 1.60. The maximum atomic E-state index is 13.3. The van der Waals surface area contributed by atoms with Crippen molar-refractivity contribution >= 4 is 29.1 Å². The van der Waals surface area contributed by atoms with Crippen molar-refractivity contribution in [3.63, 3.8) is 0 Å². The fourth-order valence-electron chi connectivity index (χ4n) is 4.88. The Labute approximate surface area is 194 Å². The lowest BCUT2D eigenvalue weighted by molar-refractivity contribution is -0.123. The van der Waals surface area contributed by atoms with E-state index in [2.05, 4.69) is 10.2 Å². The van der Waals surface area contributed by atoms with E-state index in [0.29, 0.717) is 48.4 Å². The molecular weight excluding hydrogens is 426 g/mol. The van der Waals surface area contributed by atoms with E-state index in [9.17, 15) is 9.59 Å². The van der Waals surface area contributed by atoms with Crippen molar-refractivity contribution in [2.75, 3.05) is 38.6 Å². The Balaban J connectivity index is 1.43. The summed E-state index contributed by atoms with van der Waals surface area (Å²) in [4.78, 5) is 30.4. The number of ether oxygens (including phenoxy) is 1. The number of carbonyl (C=O) groups is 2. The number of amides is 2. The molecule has 2 aromatic rings. The van der Waals surface area contributed by atoms with E-state index in [4.69, 9.17) is 16.3 Å². The molecule has 1 heterocycles. The zero-order valence-corrected chi connectivity index (χ0v) is 19.2. The number of nitrogens with one attached hydrogen (secondary N) is 1. The van der Waals surface area contributed by atoms with Crippen LogP contribution in [0.4, 0.5) is 5.69 Å². The molecule has 0 bridgehead atoms. The summed E-state index contributed by atoms with van der Waals surface area (Å²) in [5.41, 5.74) is 1.35. The van der Waals surface area contributed by atoms with Gasteiger partial charge in [0.05, 0.1) is 13.2 Å². The largest absolute Gasteiger partial charge is 0.497 e. The van der Waals surface area contributed by atoms with Gasteiger partial charge in [-0.1, -0.05) is 36.6 Å². The fourth-order valence-corrected chi connectivity index (χ4v) is 5.07. The molecule has 1 aliphatic heterocycles. The number of hydrogen-bond donors (Lipinski definition) is 1. The minimum atomic E-state index is -0.189. The number of rotatable bonds is 6. The highest BCUT2D eigenvalue weighted by Crippen LogP contribution is 2.32. The summed E-state index contributed by atoms with van der Waals surface area (Å²) in [6.07, 6.45) is 4.47. The van der Waals surface area contributed by atoms with E-state index >= 15 is 0 Å². The normalized spacial score (nSPS) is 18.4. The molecule has 1 atom stereocenters. The van der Waals surface area contributed by atoms with Gasteiger partial charge in [0.15, 0.2) is 0 Å². The Morgan fingerprint density at radius 1 is 1.03 bits per heavy atom. The molecule has 4 rings (SSSR count). The number of anilines is 1. The highest BCUT2D eigenvalue weighted by atomic mass is 35.5. The van der Waals surface area contributed by atoms with Crippen LogP contribution in [0.15, 0.2) is 48.5 Å². The minimum absolute atomic E-state index is 0.00402.